The van der Waals surface area contributed by atoms with Gasteiger partial charge in [-0.25, -0.2) is 8.42 Å². The minimum atomic E-state index is -3.95. The maximum Gasteiger partial charge on any atom is 0.262 e. The predicted molar refractivity (Wildman–Crippen MR) is 154 cm³/mol. The van der Waals surface area contributed by atoms with Crippen LogP contribution in [-0.4, -0.2) is 41.1 Å². The van der Waals surface area contributed by atoms with Gasteiger partial charge in [0, 0.05) is 23.2 Å². The van der Waals surface area contributed by atoms with Crippen molar-refractivity contribution in [3.63, 3.8) is 0 Å². The van der Waals surface area contributed by atoms with Gasteiger partial charge in [0.15, 0.2) is 17.2 Å². The van der Waals surface area contributed by atoms with E-state index < -0.39 is 10.0 Å². The Morgan fingerprint density at radius 1 is 0.974 bits per heavy atom. The number of amides is 1. The highest BCUT2D eigenvalue weighted by atomic mass is 35.5. The largest absolute Gasteiger partial charge is 0.493 e. The monoisotopic (exact) mass is 571 g/mol. The number of para-hydroxylation sites is 2. The molecule has 1 amide bonds. The number of methoxy groups -OCH3 is 1. The second-order valence-corrected chi connectivity index (χ2v) is 11.6. The number of benzene rings is 3. The highest BCUT2D eigenvalue weighted by Crippen LogP contribution is 2.37. The van der Waals surface area contributed by atoms with Gasteiger partial charge in [0.05, 0.1) is 17.7 Å². The molecule has 0 radical (unpaired) electrons. The molecule has 208 valence electrons. The Bertz CT molecular complexity index is 1360. The molecule has 1 fully saturated rings. The van der Waals surface area contributed by atoms with E-state index in [2.05, 4.69) is 15.4 Å². The Morgan fingerprint density at radius 2 is 1.72 bits per heavy atom. The van der Waals surface area contributed by atoms with Crippen LogP contribution in [0.4, 0.5) is 5.69 Å². The maximum absolute atomic E-state index is 13.1. The lowest BCUT2D eigenvalue weighted by Gasteiger charge is -2.22. The van der Waals surface area contributed by atoms with Crippen molar-refractivity contribution in [2.45, 2.75) is 37.0 Å². The summed E-state index contributed by atoms with van der Waals surface area (Å²) < 4.78 is 40.1. The van der Waals surface area contributed by atoms with Crippen LogP contribution in [0.1, 0.15) is 42.5 Å². The molecule has 3 N–H and O–H groups in total. The number of rotatable bonds is 12. The normalized spacial score (nSPS) is 14.0. The maximum atomic E-state index is 13.1. The lowest BCUT2D eigenvalue weighted by Crippen LogP contribution is -2.28. The van der Waals surface area contributed by atoms with Gasteiger partial charge < -0.3 is 20.1 Å². The smallest absolute Gasteiger partial charge is 0.262 e. The van der Waals surface area contributed by atoms with Crippen LogP contribution in [0.25, 0.3) is 0 Å². The number of halogens is 1. The quantitative estimate of drug-likeness (QED) is 0.236. The number of nitrogens with one attached hydrogen (secondary N) is 3. The van der Waals surface area contributed by atoms with Gasteiger partial charge in [-0.05, 0) is 86.8 Å². The molecule has 0 spiro atoms. The van der Waals surface area contributed by atoms with Crippen molar-refractivity contribution < 1.29 is 22.7 Å². The standard InChI is InChI=1S/C29H34ClN3O5S/c1-37-28-20-23(30)11-14-27(28)38-26-8-3-2-7-25(26)33-39(35,36)24-12-9-22(10-13-24)29(34)32-17-5-4-6-21-15-18-31-19-16-21/h2-3,7-14,20-21,31,33H,4-6,15-19H2,1H3,(H,32,34). The van der Waals surface area contributed by atoms with Crippen LogP contribution in [-0.2, 0) is 10.0 Å². The fourth-order valence-corrected chi connectivity index (χ4v) is 5.74. The first kappa shape index (κ1) is 28.7. The molecule has 39 heavy (non-hydrogen) atoms. The van der Waals surface area contributed by atoms with Gasteiger partial charge >= 0.3 is 0 Å². The molecule has 1 heterocycles. The number of hydrogen-bond donors (Lipinski definition) is 3. The van der Waals surface area contributed by atoms with Gasteiger partial charge in [-0.2, -0.15) is 0 Å². The van der Waals surface area contributed by atoms with E-state index in [4.69, 9.17) is 21.1 Å². The summed E-state index contributed by atoms with van der Waals surface area (Å²) in [6.45, 7) is 2.80. The molecule has 10 heteroatoms. The molecular weight excluding hydrogens is 538 g/mol. The van der Waals surface area contributed by atoms with Gasteiger partial charge in [0.25, 0.3) is 15.9 Å². The highest BCUT2D eigenvalue weighted by Gasteiger charge is 2.19. The van der Waals surface area contributed by atoms with Crippen molar-refractivity contribution in [1.29, 1.82) is 0 Å². The van der Waals surface area contributed by atoms with E-state index in [0.717, 1.165) is 31.8 Å². The Morgan fingerprint density at radius 3 is 2.46 bits per heavy atom. The molecule has 1 saturated heterocycles. The SMILES string of the molecule is COc1cc(Cl)ccc1Oc1ccccc1NS(=O)(=O)c1ccc(C(=O)NCCCCC2CCNCC2)cc1. The second kappa shape index (κ2) is 13.7. The van der Waals surface area contributed by atoms with Crippen LogP contribution in [0.5, 0.6) is 17.2 Å². The summed E-state index contributed by atoms with van der Waals surface area (Å²) in [4.78, 5) is 12.6. The Balaban J connectivity index is 1.34. The third-order valence-corrected chi connectivity index (χ3v) is 8.30. The fraction of sp³-hybridized carbons (Fsp3) is 0.345. The van der Waals surface area contributed by atoms with Crippen molar-refractivity contribution in [3.05, 3.63) is 77.3 Å². The zero-order valence-corrected chi connectivity index (χ0v) is 23.5. The van der Waals surface area contributed by atoms with Crippen LogP contribution >= 0.6 is 11.6 Å². The van der Waals surface area contributed by atoms with Crippen molar-refractivity contribution in [2.24, 2.45) is 5.92 Å². The summed E-state index contributed by atoms with van der Waals surface area (Å²) in [6.07, 6.45) is 5.66. The summed E-state index contributed by atoms with van der Waals surface area (Å²) in [7, 11) is -2.45. The molecular formula is C29H34ClN3O5S. The van der Waals surface area contributed by atoms with Gasteiger partial charge in [-0.15, -0.1) is 0 Å². The second-order valence-electron chi connectivity index (χ2n) is 9.47. The molecule has 0 bridgehead atoms. The van der Waals surface area contributed by atoms with Gasteiger partial charge in [-0.1, -0.05) is 36.6 Å². The van der Waals surface area contributed by atoms with E-state index in [-0.39, 0.29) is 22.2 Å². The molecule has 1 aliphatic rings. The number of carbonyl (C=O) groups excluding carboxylic acids is 1. The lowest BCUT2D eigenvalue weighted by molar-refractivity contribution is 0.0952. The van der Waals surface area contributed by atoms with Crippen molar-refractivity contribution in [1.82, 2.24) is 10.6 Å². The first-order valence-corrected chi connectivity index (χ1v) is 14.9. The fourth-order valence-electron chi connectivity index (χ4n) is 4.51. The number of sulfonamides is 1. The van der Waals surface area contributed by atoms with Crippen LogP contribution in [0.3, 0.4) is 0 Å². The summed E-state index contributed by atoms with van der Waals surface area (Å²) in [6, 6.07) is 17.4. The van der Waals surface area contributed by atoms with E-state index in [9.17, 15) is 13.2 Å². The number of hydrogen-bond acceptors (Lipinski definition) is 6. The predicted octanol–water partition coefficient (Wildman–Crippen LogP) is 5.84. The van der Waals surface area contributed by atoms with E-state index in [1.54, 1.807) is 42.5 Å². The van der Waals surface area contributed by atoms with Crippen LogP contribution in [0.2, 0.25) is 5.02 Å². The lowest BCUT2D eigenvalue weighted by atomic mass is 9.92. The minimum Gasteiger partial charge on any atom is -0.493 e. The average Bonchev–Trinajstić information content (AvgIpc) is 2.95. The molecule has 3 aromatic rings. The molecule has 0 saturated carbocycles. The zero-order valence-electron chi connectivity index (χ0n) is 21.9. The van der Waals surface area contributed by atoms with E-state index in [1.807, 2.05) is 0 Å². The number of anilines is 1. The van der Waals surface area contributed by atoms with Crippen LogP contribution in [0, 0.1) is 5.92 Å². The van der Waals surface area contributed by atoms with Crippen LogP contribution < -0.4 is 24.8 Å². The van der Waals surface area contributed by atoms with Gasteiger partial charge in [-0.3, -0.25) is 9.52 Å². The zero-order chi connectivity index (χ0) is 27.7. The molecule has 3 aromatic carbocycles. The molecule has 0 atom stereocenters. The van der Waals surface area contributed by atoms with Crippen molar-refractivity contribution >= 4 is 33.2 Å². The van der Waals surface area contributed by atoms with E-state index in [1.165, 1.54) is 50.6 Å². The molecule has 8 nitrogen and oxygen atoms in total. The number of piperidine rings is 1. The van der Waals surface area contributed by atoms with Gasteiger partial charge in [0.2, 0.25) is 0 Å². The molecule has 0 unspecified atom stereocenters. The topological polar surface area (TPSA) is 106 Å². The summed E-state index contributed by atoms with van der Waals surface area (Å²) >= 11 is 6.03. The van der Waals surface area contributed by atoms with E-state index >= 15 is 0 Å². The summed E-state index contributed by atoms with van der Waals surface area (Å²) in [5.41, 5.74) is 0.659. The van der Waals surface area contributed by atoms with Gasteiger partial charge in [0.1, 0.15) is 0 Å². The summed E-state index contributed by atoms with van der Waals surface area (Å²) in [5, 5.41) is 6.79. The Hall–Kier alpha value is -3.27. The Kier molecular flexibility index (Phi) is 10.1. The third-order valence-electron chi connectivity index (χ3n) is 6.69. The van der Waals surface area contributed by atoms with Crippen molar-refractivity contribution in [3.8, 4) is 17.2 Å². The summed E-state index contributed by atoms with van der Waals surface area (Å²) in [5.74, 6) is 1.65. The minimum absolute atomic E-state index is 0.0277. The molecule has 1 aliphatic heterocycles. The molecule has 4 rings (SSSR count). The first-order valence-electron chi connectivity index (χ1n) is 13.1. The highest BCUT2D eigenvalue weighted by molar-refractivity contribution is 7.92. The van der Waals surface area contributed by atoms with Crippen LogP contribution in [0.15, 0.2) is 71.6 Å². The number of carbonyl (C=O) groups is 1. The van der Waals surface area contributed by atoms with E-state index in [0.29, 0.717) is 28.6 Å². The van der Waals surface area contributed by atoms with Crippen molar-refractivity contribution in [2.75, 3.05) is 31.5 Å². The third kappa shape index (κ3) is 8.11. The molecule has 0 aromatic heterocycles. The first-order chi connectivity index (χ1) is 18.9. The number of unbranched alkanes of at least 4 members (excludes halogenated alkanes) is 1. The average molecular weight is 572 g/mol. The number of ether oxygens (including phenoxy) is 2. The molecule has 0 aliphatic carbocycles. The Labute approximate surface area is 235 Å².